The van der Waals surface area contributed by atoms with E-state index in [1.165, 1.54) is 0 Å². The standard InChI is InChI=1S/C24H21N3O3S/c28-24(26-22-7-4-6-20(16-22)17-27-15-5-14-25-27)21-12-10-19(11-13-21)18-31(29,30)23-8-2-1-3-9-23/h1-16H,17-18H2,(H,26,28). The molecule has 0 aliphatic carbocycles. The van der Waals surface area contributed by atoms with Gasteiger partial charge in [-0.2, -0.15) is 5.10 Å². The molecule has 7 heteroatoms. The van der Waals surface area contributed by atoms with E-state index in [0.29, 0.717) is 23.4 Å². The minimum Gasteiger partial charge on any atom is -0.322 e. The van der Waals surface area contributed by atoms with Gasteiger partial charge in [0.15, 0.2) is 9.84 Å². The van der Waals surface area contributed by atoms with Crippen molar-refractivity contribution < 1.29 is 13.2 Å². The van der Waals surface area contributed by atoms with Gasteiger partial charge in [0.05, 0.1) is 17.2 Å². The van der Waals surface area contributed by atoms with E-state index in [4.69, 9.17) is 0 Å². The van der Waals surface area contributed by atoms with Crippen molar-refractivity contribution in [3.8, 4) is 0 Å². The highest BCUT2D eigenvalue weighted by atomic mass is 32.2. The molecule has 4 rings (SSSR count). The second-order valence-corrected chi connectivity index (χ2v) is 9.12. The molecule has 0 aliphatic heterocycles. The smallest absolute Gasteiger partial charge is 0.255 e. The molecule has 0 fully saturated rings. The summed E-state index contributed by atoms with van der Waals surface area (Å²) in [7, 11) is -3.43. The molecule has 0 radical (unpaired) electrons. The van der Waals surface area contributed by atoms with Crippen molar-refractivity contribution >= 4 is 21.4 Å². The van der Waals surface area contributed by atoms with Crippen molar-refractivity contribution in [1.82, 2.24) is 9.78 Å². The Bertz CT molecular complexity index is 1270. The maximum Gasteiger partial charge on any atom is 0.255 e. The van der Waals surface area contributed by atoms with Crippen molar-refractivity contribution in [1.29, 1.82) is 0 Å². The Balaban J connectivity index is 1.42. The van der Waals surface area contributed by atoms with Crippen LogP contribution in [0.1, 0.15) is 21.5 Å². The Hall–Kier alpha value is -3.71. The van der Waals surface area contributed by atoms with Crippen LogP contribution in [-0.4, -0.2) is 24.1 Å². The molecule has 0 spiro atoms. The molecule has 31 heavy (non-hydrogen) atoms. The Kier molecular flexibility index (Phi) is 5.95. The summed E-state index contributed by atoms with van der Waals surface area (Å²) in [6.45, 7) is 0.612. The maximum atomic E-state index is 12.6. The van der Waals surface area contributed by atoms with Crippen LogP contribution in [0.3, 0.4) is 0 Å². The number of anilines is 1. The molecule has 156 valence electrons. The van der Waals surface area contributed by atoms with Gasteiger partial charge in [0.2, 0.25) is 0 Å². The quantitative estimate of drug-likeness (QED) is 0.476. The van der Waals surface area contributed by atoms with E-state index < -0.39 is 9.84 Å². The van der Waals surface area contributed by atoms with Crippen LogP contribution in [0.25, 0.3) is 0 Å². The van der Waals surface area contributed by atoms with Crippen LogP contribution in [0.2, 0.25) is 0 Å². The van der Waals surface area contributed by atoms with Gasteiger partial charge in [0.1, 0.15) is 0 Å². The summed E-state index contributed by atoms with van der Waals surface area (Å²) >= 11 is 0. The van der Waals surface area contributed by atoms with E-state index in [1.807, 2.05) is 41.2 Å². The number of hydrogen-bond donors (Lipinski definition) is 1. The molecular formula is C24H21N3O3S. The molecule has 0 saturated carbocycles. The molecule has 4 aromatic rings. The second kappa shape index (κ2) is 8.97. The predicted molar refractivity (Wildman–Crippen MR) is 119 cm³/mol. The Morgan fingerprint density at radius 3 is 2.35 bits per heavy atom. The number of sulfone groups is 1. The van der Waals surface area contributed by atoms with Gasteiger partial charge in [-0.15, -0.1) is 0 Å². The van der Waals surface area contributed by atoms with Gasteiger partial charge in [0.25, 0.3) is 5.91 Å². The zero-order valence-electron chi connectivity index (χ0n) is 16.7. The summed E-state index contributed by atoms with van der Waals surface area (Å²) in [5.74, 6) is -0.373. The first-order valence-corrected chi connectivity index (χ1v) is 11.4. The number of rotatable bonds is 7. The number of benzene rings is 3. The van der Waals surface area contributed by atoms with Gasteiger partial charge in [-0.05, 0) is 53.6 Å². The topological polar surface area (TPSA) is 81.1 Å². The average Bonchev–Trinajstić information content (AvgIpc) is 3.28. The third-order valence-corrected chi connectivity index (χ3v) is 6.47. The molecule has 0 unspecified atom stereocenters. The molecular weight excluding hydrogens is 410 g/mol. The highest BCUT2D eigenvalue weighted by Crippen LogP contribution is 2.18. The molecule has 0 saturated heterocycles. The molecule has 1 aromatic heterocycles. The number of amides is 1. The van der Waals surface area contributed by atoms with E-state index in [0.717, 1.165) is 5.56 Å². The minimum atomic E-state index is -3.43. The highest BCUT2D eigenvalue weighted by molar-refractivity contribution is 7.90. The molecule has 1 heterocycles. The van der Waals surface area contributed by atoms with Crippen LogP contribution in [0.5, 0.6) is 0 Å². The fraction of sp³-hybridized carbons (Fsp3) is 0.0833. The fourth-order valence-electron chi connectivity index (χ4n) is 3.21. The van der Waals surface area contributed by atoms with Crippen LogP contribution in [0.4, 0.5) is 5.69 Å². The number of carbonyl (C=O) groups is 1. The average molecular weight is 432 g/mol. The van der Waals surface area contributed by atoms with Crippen molar-refractivity contribution in [3.05, 3.63) is 114 Å². The summed E-state index contributed by atoms with van der Waals surface area (Å²) in [6.07, 6.45) is 3.60. The summed E-state index contributed by atoms with van der Waals surface area (Å²) in [5, 5.41) is 7.07. The second-order valence-electron chi connectivity index (χ2n) is 7.13. The van der Waals surface area contributed by atoms with Crippen LogP contribution >= 0.6 is 0 Å². The van der Waals surface area contributed by atoms with Crippen LogP contribution in [0, 0.1) is 0 Å². The minimum absolute atomic E-state index is 0.117. The van der Waals surface area contributed by atoms with Gasteiger partial charge in [-0.25, -0.2) is 8.42 Å². The number of nitrogens with zero attached hydrogens (tertiary/aromatic N) is 2. The van der Waals surface area contributed by atoms with E-state index in [2.05, 4.69) is 10.4 Å². The molecule has 1 amide bonds. The fourth-order valence-corrected chi connectivity index (χ4v) is 4.58. The van der Waals surface area contributed by atoms with Crippen LogP contribution < -0.4 is 5.32 Å². The lowest BCUT2D eigenvalue weighted by Crippen LogP contribution is -2.12. The van der Waals surface area contributed by atoms with E-state index in [-0.39, 0.29) is 16.6 Å². The van der Waals surface area contributed by atoms with Gasteiger partial charge in [0, 0.05) is 23.6 Å². The van der Waals surface area contributed by atoms with E-state index in [1.54, 1.807) is 60.8 Å². The summed E-state index contributed by atoms with van der Waals surface area (Å²) < 4.78 is 26.9. The van der Waals surface area contributed by atoms with Crippen molar-refractivity contribution in [2.75, 3.05) is 5.32 Å². The van der Waals surface area contributed by atoms with Gasteiger partial charge in [-0.3, -0.25) is 9.48 Å². The van der Waals surface area contributed by atoms with Crippen molar-refractivity contribution in [2.45, 2.75) is 17.2 Å². The third-order valence-electron chi connectivity index (χ3n) is 4.76. The number of hydrogen-bond acceptors (Lipinski definition) is 4. The molecule has 0 atom stereocenters. The summed E-state index contributed by atoms with van der Waals surface area (Å²) in [6, 6.07) is 24.4. The number of carbonyl (C=O) groups excluding carboxylic acids is 1. The largest absolute Gasteiger partial charge is 0.322 e. The number of nitrogens with one attached hydrogen (secondary N) is 1. The SMILES string of the molecule is O=C(Nc1cccc(Cn2cccn2)c1)c1ccc(CS(=O)(=O)c2ccccc2)cc1. The van der Waals surface area contributed by atoms with Crippen LogP contribution in [-0.2, 0) is 22.1 Å². The third kappa shape index (κ3) is 5.26. The summed E-state index contributed by atoms with van der Waals surface area (Å²) in [4.78, 5) is 12.9. The Morgan fingerprint density at radius 1 is 0.871 bits per heavy atom. The zero-order valence-corrected chi connectivity index (χ0v) is 17.5. The normalized spacial score (nSPS) is 11.2. The van der Waals surface area contributed by atoms with Crippen LogP contribution in [0.15, 0.2) is 102 Å². The predicted octanol–water partition coefficient (Wildman–Crippen LogP) is 4.16. The maximum absolute atomic E-state index is 12.6. The molecule has 3 aromatic carbocycles. The molecule has 6 nitrogen and oxygen atoms in total. The monoisotopic (exact) mass is 431 g/mol. The first-order chi connectivity index (χ1) is 15.0. The summed E-state index contributed by atoms with van der Waals surface area (Å²) in [5.41, 5.74) is 2.79. The van der Waals surface area contributed by atoms with Crippen molar-refractivity contribution in [3.63, 3.8) is 0 Å². The van der Waals surface area contributed by atoms with Gasteiger partial charge in [-0.1, -0.05) is 42.5 Å². The lowest BCUT2D eigenvalue weighted by molar-refractivity contribution is 0.102. The number of aromatic nitrogens is 2. The van der Waals surface area contributed by atoms with E-state index >= 15 is 0 Å². The molecule has 1 N–H and O–H groups in total. The Morgan fingerprint density at radius 2 is 1.65 bits per heavy atom. The highest BCUT2D eigenvalue weighted by Gasteiger charge is 2.15. The lowest BCUT2D eigenvalue weighted by atomic mass is 10.1. The molecule has 0 aliphatic rings. The van der Waals surface area contributed by atoms with E-state index in [9.17, 15) is 13.2 Å². The first kappa shape index (κ1) is 20.6. The lowest BCUT2D eigenvalue weighted by Gasteiger charge is -2.09. The van der Waals surface area contributed by atoms with Gasteiger partial charge < -0.3 is 5.32 Å². The van der Waals surface area contributed by atoms with Gasteiger partial charge >= 0.3 is 0 Å². The zero-order chi connectivity index (χ0) is 21.7. The molecule has 0 bridgehead atoms. The van der Waals surface area contributed by atoms with Crippen molar-refractivity contribution in [2.24, 2.45) is 0 Å². The first-order valence-electron chi connectivity index (χ1n) is 9.74. The Labute approximate surface area is 181 Å².